The summed E-state index contributed by atoms with van der Waals surface area (Å²) in [5.41, 5.74) is 5.15. The molecule has 0 N–H and O–H groups in total. The van der Waals surface area contributed by atoms with Gasteiger partial charge in [-0.2, -0.15) is 0 Å². The molecule has 2 aromatic carbocycles. The molecule has 5 nitrogen and oxygen atoms in total. The van der Waals surface area contributed by atoms with Gasteiger partial charge >= 0.3 is 0 Å². The number of hydrogen-bond donors (Lipinski definition) is 0. The van der Waals surface area contributed by atoms with E-state index >= 15 is 0 Å². The van der Waals surface area contributed by atoms with Crippen molar-refractivity contribution in [1.29, 1.82) is 0 Å². The van der Waals surface area contributed by atoms with E-state index < -0.39 is 0 Å². The highest BCUT2D eigenvalue weighted by Crippen LogP contribution is 2.35. The molecule has 6 heteroatoms. The first-order valence-electron chi connectivity index (χ1n) is 10.7. The highest BCUT2D eigenvalue weighted by atomic mass is 32.2. The Morgan fingerprint density at radius 3 is 2.44 bits per heavy atom. The van der Waals surface area contributed by atoms with Crippen molar-refractivity contribution in [2.45, 2.75) is 27.2 Å². The third-order valence-corrected chi connectivity index (χ3v) is 6.41. The number of ether oxygens (including phenoxy) is 1. The average Bonchev–Trinajstić information content (AvgIpc) is 3.25. The second-order valence-corrected chi connectivity index (χ2v) is 8.67. The van der Waals surface area contributed by atoms with Crippen LogP contribution in [0.3, 0.4) is 0 Å². The van der Waals surface area contributed by atoms with Crippen molar-refractivity contribution < 1.29 is 9.53 Å². The fourth-order valence-corrected chi connectivity index (χ4v) is 4.84. The van der Waals surface area contributed by atoms with Crippen molar-refractivity contribution in [3.63, 3.8) is 0 Å². The van der Waals surface area contributed by atoms with Crippen LogP contribution in [0.5, 0.6) is 5.75 Å². The van der Waals surface area contributed by atoms with E-state index in [2.05, 4.69) is 31.4 Å². The van der Waals surface area contributed by atoms with E-state index in [1.165, 1.54) is 11.8 Å². The lowest BCUT2D eigenvalue weighted by Crippen LogP contribution is -2.29. The molecule has 0 unspecified atom stereocenters. The standard InChI is InChI=1S/C26H27N3O2S/c1-5-15-28-25(30)24(32-26(28)27-21-9-7-6-8-10-21)17-20-16-18(2)29(19(20)3)22-11-13-23(31-4)14-12-22/h6-14,16-17H,5,15H2,1-4H3. The fourth-order valence-electron chi connectivity index (χ4n) is 3.83. The summed E-state index contributed by atoms with van der Waals surface area (Å²) in [6, 6.07) is 19.9. The zero-order valence-electron chi connectivity index (χ0n) is 18.8. The molecule has 1 saturated heterocycles. The number of thioether (sulfide) groups is 1. The van der Waals surface area contributed by atoms with Crippen molar-refractivity contribution in [3.8, 4) is 11.4 Å². The molecule has 1 aromatic heterocycles. The first kappa shape index (κ1) is 22.0. The van der Waals surface area contributed by atoms with Crippen LogP contribution in [0.25, 0.3) is 11.8 Å². The predicted octanol–water partition coefficient (Wildman–Crippen LogP) is 6.12. The lowest BCUT2D eigenvalue weighted by Gasteiger charge is -2.13. The number of aliphatic imine (C=N–C) groups is 1. The Labute approximate surface area is 193 Å². The van der Waals surface area contributed by atoms with Gasteiger partial charge in [0, 0.05) is 23.6 Å². The number of aryl methyl sites for hydroxylation is 1. The number of carbonyl (C=O) groups excluding carboxylic acids is 1. The van der Waals surface area contributed by atoms with Crippen LogP contribution in [0.15, 0.2) is 70.6 Å². The molecule has 1 fully saturated rings. The van der Waals surface area contributed by atoms with E-state index in [1.807, 2.05) is 60.7 Å². The van der Waals surface area contributed by atoms with Crippen LogP contribution < -0.4 is 4.74 Å². The van der Waals surface area contributed by atoms with Crippen LogP contribution in [-0.2, 0) is 4.79 Å². The Kier molecular flexibility index (Phi) is 6.51. The first-order chi connectivity index (χ1) is 15.5. The Morgan fingerprint density at radius 1 is 1.06 bits per heavy atom. The van der Waals surface area contributed by atoms with Crippen LogP contribution in [0.2, 0.25) is 0 Å². The van der Waals surface area contributed by atoms with Gasteiger partial charge in [-0.05, 0) is 86.1 Å². The number of methoxy groups -OCH3 is 1. The largest absolute Gasteiger partial charge is 0.497 e. The van der Waals surface area contributed by atoms with Gasteiger partial charge in [-0.3, -0.25) is 9.69 Å². The molecule has 4 rings (SSSR count). The van der Waals surface area contributed by atoms with Gasteiger partial charge in [0.15, 0.2) is 5.17 Å². The molecule has 0 atom stereocenters. The lowest BCUT2D eigenvalue weighted by atomic mass is 10.2. The van der Waals surface area contributed by atoms with Gasteiger partial charge in [-0.25, -0.2) is 4.99 Å². The summed E-state index contributed by atoms with van der Waals surface area (Å²) in [7, 11) is 1.67. The number of carbonyl (C=O) groups is 1. The molecule has 1 aliphatic rings. The zero-order valence-corrected chi connectivity index (χ0v) is 19.6. The summed E-state index contributed by atoms with van der Waals surface area (Å²) in [5, 5.41) is 0.735. The molecule has 0 radical (unpaired) electrons. The number of benzene rings is 2. The normalized spacial score (nSPS) is 16.4. The zero-order chi connectivity index (χ0) is 22.7. The second kappa shape index (κ2) is 9.49. The van der Waals surface area contributed by atoms with Gasteiger partial charge in [-0.15, -0.1) is 0 Å². The van der Waals surface area contributed by atoms with Gasteiger partial charge < -0.3 is 9.30 Å². The predicted molar refractivity (Wildman–Crippen MR) is 133 cm³/mol. The van der Waals surface area contributed by atoms with Crippen molar-refractivity contribution in [2.75, 3.05) is 13.7 Å². The third kappa shape index (κ3) is 4.36. The summed E-state index contributed by atoms with van der Waals surface area (Å²) in [5.74, 6) is 0.841. The monoisotopic (exact) mass is 445 g/mol. The molecule has 0 aliphatic carbocycles. The highest BCUT2D eigenvalue weighted by Gasteiger charge is 2.33. The summed E-state index contributed by atoms with van der Waals surface area (Å²) in [6.07, 6.45) is 2.87. The van der Waals surface area contributed by atoms with Crippen LogP contribution in [0.4, 0.5) is 5.69 Å². The number of para-hydroxylation sites is 1. The topological polar surface area (TPSA) is 46.8 Å². The maximum absolute atomic E-state index is 13.2. The number of amidine groups is 1. The molecular weight excluding hydrogens is 418 g/mol. The first-order valence-corrected chi connectivity index (χ1v) is 11.5. The Morgan fingerprint density at radius 2 is 1.78 bits per heavy atom. The molecule has 0 bridgehead atoms. The van der Waals surface area contributed by atoms with Crippen molar-refractivity contribution >= 4 is 34.6 Å². The maximum atomic E-state index is 13.2. The van der Waals surface area contributed by atoms with Gasteiger partial charge in [0.05, 0.1) is 17.7 Å². The fraction of sp³-hybridized carbons (Fsp3) is 0.231. The van der Waals surface area contributed by atoms with E-state index in [4.69, 9.17) is 9.73 Å². The molecule has 2 heterocycles. The molecule has 1 aliphatic heterocycles. The second-order valence-electron chi connectivity index (χ2n) is 7.66. The number of hydrogen-bond acceptors (Lipinski definition) is 4. The number of nitrogens with zero attached hydrogens (tertiary/aromatic N) is 3. The number of rotatable bonds is 6. The van der Waals surface area contributed by atoms with Crippen molar-refractivity contribution in [2.24, 2.45) is 4.99 Å². The van der Waals surface area contributed by atoms with Crippen LogP contribution in [0, 0.1) is 13.8 Å². The van der Waals surface area contributed by atoms with Gasteiger partial charge in [0.25, 0.3) is 5.91 Å². The minimum atomic E-state index is 0.0146. The minimum Gasteiger partial charge on any atom is -0.497 e. The SMILES string of the molecule is CCCN1C(=O)C(=Cc2cc(C)n(-c3ccc(OC)cc3)c2C)SC1=Nc1ccccc1. The van der Waals surface area contributed by atoms with E-state index in [1.54, 1.807) is 12.0 Å². The average molecular weight is 446 g/mol. The van der Waals surface area contributed by atoms with Crippen LogP contribution >= 0.6 is 11.8 Å². The van der Waals surface area contributed by atoms with E-state index in [9.17, 15) is 4.79 Å². The minimum absolute atomic E-state index is 0.0146. The van der Waals surface area contributed by atoms with Crippen molar-refractivity contribution in [3.05, 3.63) is 82.5 Å². The molecule has 0 spiro atoms. The molecular formula is C26H27N3O2S. The Bertz CT molecular complexity index is 1180. The quantitative estimate of drug-likeness (QED) is 0.430. The van der Waals surface area contributed by atoms with Gasteiger partial charge in [0.1, 0.15) is 5.75 Å². The molecule has 1 amide bonds. The Hall–Kier alpha value is -3.25. The third-order valence-electron chi connectivity index (χ3n) is 5.40. The van der Waals surface area contributed by atoms with Gasteiger partial charge in [-0.1, -0.05) is 25.1 Å². The van der Waals surface area contributed by atoms with E-state index in [0.29, 0.717) is 11.4 Å². The summed E-state index contributed by atoms with van der Waals surface area (Å²) in [4.78, 5) is 20.4. The molecule has 0 saturated carbocycles. The molecule has 164 valence electrons. The number of amides is 1. The van der Waals surface area contributed by atoms with Crippen LogP contribution in [0.1, 0.15) is 30.3 Å². The Balaban J connectivity index is 1.69. The summed E-state index contributed by atoms with van der Waals surface area (Å²) < 4.78 is 7.47. The van der Waals surface area contributed by atoms with Crippen LogP contribution in [-0.4, -0.2) is 34.2 Å². The van der Waals surface area contributed by atoms with Gasteiger partial charge in [0.2, 0.25) is 0 Å². The van der Waals surface area contributed by atoms with Crippen molar-refractivity contribution in [1.82, 2.24) is 9.47 Å². The number of aromatic nitrogens is 1. The molecule has 3 aromatic rings. The molecule has 32 heavy (non-hydrogen) atoms. The highest BCUT2D eigenvalue weighted by molar-refractivity contribution is 8.18. The lowest BCUT2D eigenvalue weighted by molar-refractivity contribution is -0.122. The van der Waals surface area contributed by atoms with E-state index in [0.717, 1.165) is 45.7 Å². The van der Waals surface area contributed by atoms with E-state index in [-0.39, 0.29) is 5.91 Å². The summed E-state index contributed by atoms with van der Waals surface area (Å²) in [6.45, 7) is 6.88. The summed E-state index contributed by atoms with van der Waals surface area (Å²) >= 11 is 1.44. The maximum Gasteiger partial charge on any atom is 0.266 e. The smallest absolute Gasteiger partial charge is 0.266 e.